The first-order chi connectivity index (χ1) is 18.7. The minimum atomic E-state index is -1.54. The highest BCUT2D eigenvalue weighted by atomic mass is 35.5. The van der Waals surface area contributed by atoms with Gasteiger partial charge in [-0.25, -0.2) is 18.7 Å². The molecule has 1 unspecified atom stereocenters. The summed E-state index contributed by atoms with van der Waals surface area (Å²) in [6.07, 6.45) is 1.71. The summed E-state index contributed by atoms with van der Waals surface area (Å²) in [6.45, 7) is 1.18. The van der Waals surface area contributed by atoms with Crippen LogP contribution in [0.2, 0.25) is 5.02 Å². The van der Waals surface area contributed by atoms with E-state index in [0.717, 1.165) is 12.1 Å². The topological polar surface area (TPSA) is 94.9 Å². The van der Waals surface area contributed by atoms with Gasteiger partial charge in [-0.3, -0.25) is 19.9 Å². The van der Waals surface area contributed by atoms with Gasteiger partial charge in [0.2, 0.25) is 5.91 Å². The monoisotopic (exact) mass is 561 g/mol. The number of nitrogens with zero attached hydrogens (tertiary/aromatic N) is 2. The SMILES string of the molecule is COc1ccc2ncc(Cl)c(C(O)CCC3(C(=O)NO)CCN(CC#Cc4cc(F)c(F)c(F)c4)CC3)c2c1. The Hall–Kier alpha value is -3.36. The number of amides is 1. The van der Waals surface area contributed by atoms with Gasteiger partial charge in [0.1, 0.15) is 5.75 Å². The standard InChI is InChI=1S/C28H27ClF3N3O4/c1-39-18-4-5-23-19(15-18)25(20(29)16-33-23)24(36)6-7-28(27(37)34-38)8-11-35(12-9-28)10-2-3-17-13-21(30)26(32)22(31)14-17/h4-5,13-16,24,36,38H,6-12H2,1H3,(H,34,37). The number of hydrogen-bond donors (Lipinski definition) is 3. The van der Waals surface area contributed by atoms with Crippen molar-refractivity contribution in [1.82, 2.24) is 15.4 Å². The Bertz CT molecular complexity index is 1410. The number of hydroxylamine groups is 1. The maximum absolute atomic E-state index is 13.4. The molecule has 1 aromatic heterocycles. The maximum atomic E-state index is 13.4. The van der Waals surface area contributed by atoms with Gasteiger partial charge < -0.3 is 9.84 Å². The number of nitrogens with one attached hydrogen (secondary N) is 1. The minimum Gasteiger partial charge on any atom is -0.497 e. The lowest BCUT2D eigenvalue weighted by Crippen LogP contribution is -2.48. The molecule has 0 spiro atoms. The van der Waals surface area contributed by atoms with Crippen LogP contribution in [0.15, 0.2) is 36.5 Å². The van der Waals surface area contributed by atoms with E-state index < -0.39 is 34.9 Å². The normalized spacial score (nSPS) is 15.9. The predicted octanol–water partition coefficient (Wildman–Crippen LogP) is 4.77. The average molecular weight is 562 g/mol. The molecule has 1 aliphatic heterocycles. The zero-order valence-corrected chi connectivity index (χ0v) is 21.9. The van der Waals surface area contributed by atoms with Crippen molar-refractivity contribution in [3.8, 4) is 17.6 Å². The van der Waals surface area contributed by atoms with Gasteiger partial charge in [-0.2, -0.15) is 0 Å². The van der Waals surface area contributed by atoms with Crippen molar-refractivity contribution < 1.29 is 33.0 Å². The fourth-order valence-electron chi connectivity index (χ4n) is 4.92. The Balaban J connectivity index is 1.44. The van der Waals surface area contributed by atoms with E-state index >= 15 is 0 Å². The molecule has 2 heterocycles. The number of aliphatic hydroxyl groups excluding tert-OH is 1. The Morgan fingerprint density at radius 2 is 1.92 bits per heavy atom. The number of carbonyl (C=O) groups is 1. The van der Waals surface area contributed by atoms with E-state index in [-0.39, 0.29) is 24.9 Å². The van der Waals surface area contributed by atoms with Crippen LogP contribution in [0.3, 0.4) is 0 Å². The number of aliphatic hydroxyl groups is 1. The van der Waals surface area contributed by atoms with Gasteiger partial charge in [0.15, 0.2) is 17.5 Å². The number of methoxy groups -OCH3 is 1. The Morgan fingerprint density at radius 3 is 2.56 bits per heavy atom. The number of fused-ring (bicyclic) bond motifs is 1. The number of likely N-dealkylation sites (tertiary alicyclic amines) is 1. The molecule has 1 fully saturated rings. The molecular formula is C28H27ClF3N3O4. The van der Waals surface area contributed by atoms with Crippen LogP contribution in [0.4, 0.5) is 13.2 Å². The molecular weight excluding hydrogens is 535 g/mol. The maximum Gasteiger partial charge on any atom is 0.249 e. The van der Waals surface area contributed by atoms with Crippen LogP contribution in [-0.2, 0) is 4.79 Å². The van der Waals surface area contributed by atoms with Crippen LogP contribution in [0, 0.1) is 34.7 Å². The lowest BCUT2D eigenvalue weighted by atomic mass is 9.73. The number of benzene rings is 2. The van der Waals surface area contributed by atoms with E-state index in [0.29, 0.717) is 53.2 Å². The number of halogens is 4. The highest BCUT2D eigenvalue weighted by molar-refractivity contribution is 6.32. The summed E-state index contributed by atoms with van der Waals surface area (Å²) in [5.41, 5.74) is 1.98. The number of hydrogen-bond acceptors (Lipinski definition) is 6. The molecule has 3 N–H and O–H groups in total. The van der Waals surface area contributed by atoms with Crippen molar-refractivity contribution >= 4 is 28.4 Å². The third-order valence-electron chi connectivity index (χ3n) is 7.21. The molecule has 1 aliphatic rings. The summed E-state index contributed by atoms with van der Waals surface area (Å²) in [4.78, 5) is 19.0. The van der Waals surface area contributed by atoms with Crippen LogP contribution in [-0.4, -0.2) is 52.8 Å². The average Bonchev–Trinajstić information content (AvgIpc) is 2.94. The fraction of sp³-hybridized carbons (Fsp3) is 0.357. The molecule has 0 aliphatic carbocycles. The second-order valence-electron chi connectivity index (χ2n) is 9.51. The van der Waals surface area contributed by atoms with Gasteiger partial charge in [0.05, 0.1) is 35.7 Å². The van der Waals surface area contributed by atoms with E-state index in [2.05, 4.69) is 16.8 Å². The van der Waals surface area contributed by atoms with E-state index in [1.807, 2.05) is 4.90 Å². The highest BCUT2D eigenvalue weighted by Gasteiger charge is 2.41. The van der Waals surface area contributed by atoms with Crippen LogP contribution in [0.5, 0.6) is 5.75 Å². The van der Waals surface area contributed by atoms with Crippen molar-refractivity contribution in [3.05, 3.63) is 70.1 Å². The zero-order chi connectivity index (χ0) is 28.2. The Morgan fingerprint density at radius 1 is 1.23 bits per heavy atom. The highest BCUT2D eigenvalue weighted by Crippen LogP contribution is 2.41. The lowest BCUT2D eigenvalue weighted by Gasteiger charge is -2.40. The minimum absolute atomic E-state index is 0.0197. The number of piperidine rings is 1. The third-order valence-corrected chi connectivity index (χ3v) is 7.51. The molecule has 0 radical (unpaired) electrons. The van der Waals surface area contributed by atoms with Crippen molar-refractivity contribution in [1.29, 1.82) is 0 Å². The number of aromatic nitrogens is 1. The smallest absolute Gasteiger partial charge is 0.249 e. The van der Waals surface area contributed by atoms with Gasteiger partial charge in [-0.05, 0) is 56.0 Å². The number of pyridine rings is 1. The summed E-state index contributed by atoms with van der Waals surface area (Å²) in [6, 6.07) is 6.93. The van der Waals surface area contributed by atoms with Gasteiger partial charge in [-0.15, -0.1) is 0 Å². The first kappa shape index (κ1) is 28.6. The van der Waals surface area contributed by atoms with Crippen molar-refractivity contribution in [3.63, 3.8) is 0 Å². The molecule has 11 heteroatoms. The summed E-state index contributed by atoms with van der Waals surface area (Å²) in [5.74, 6) is 1.34. The second kappa shape index (κ2) is 12.2. The first-order valence-corrected chi connectivity index (χ1v) is 12.7. The summed E-state index contributed by atoms with van der Waals surface area (Å²) in [5, 5.41) is 21.5. The summed E-state index contributed by atoms with van der Waals surface area (Å²) >= 11 is 6.41. The molecule has 1 atom stereocenters. The van der Waals surface area contributed by atoms with E-state index in [4.69, 9.17) is 16.3 Å². The molecule has 206 valence electrons. The molecule has 4 rings (SSSR count). The fourth-order valence-corrected chi connectivity index (χ4v) is 5.20. The van der Waals surface area contributed by atoms with Crippen molar-refractivity contribution in [2.45, 2.75) is 31.8 Å². The van der Waals surface area contributed by atoms with Crippen LogP contribution >= 0.6 is 11.6 Å². The van der Waals surface area contributed by atoms with E-state index in [9.17, 15) is 28.3 Å². The van der Waals surface area contributed by atoms with Gasteiger partial charge >= 0.3 is 0 Å². The lowest BCUT2D eigenvalue weighted by molar-refractivity contribution is -0.143. The molecule has 39 heavy (non-hydrogen) atoms. The predicted molar refractivity (Wildman–Crippen MR) is 139 cm³/mol. The molecule has 0 bridgehead atoms. The van der Waals surface area contributed by atoms with E-state index in [1.54, 1.807) is 23.7 Å². The molecule has 2 aromatic carbocycles. The molecule has 1 saturated heterocycles. The second-order valence-corrected chi connectivity index (χ2v) is 9.92. The van der Waals surface area contributed by atoms with Crippen molar-refractivity contribution in [2.24, 2.45) is 5.41 Å². The largest absolute Gasteiger partial charge is 0.497 e. The first-order valence-electron chi connectivity index (χ1n) is 12.3. The van der Waals surface area contributed by atoms with Gasteiger partial charge in [0.25, 0.3) is 0 Å². The van der Waals surface area contributed by atoms with Crippen LogP contribution in [0.25, 0.3) is 10.9 Å². The summed E-state index contributed by atoms with van der Waals surface area (Å²) in [7, 11) is 1.53. The van der Waals surface area contributed by atoms with Crippen LogP contribution < -0.4 is 10.2 Å². The quantitative estimate of drug-likeness (QED) is 0.167. The molecule has 1 amide bonds. The molecule has 0 saturated carbocycles. The summed E-state index contributed by atoms with van der Waals surface area (Å²) < 4.78 is 45.2. The van der Waals surface area contributed by atoms with E-state index in [1.165, 1.54) is 13.3 Å². The Kier molecular flexibility index (Phi) is 8.97. The zero-order valence-electron chi connectivity index (χ0n) is 21.1. The number of carbonyl (C=O) groups excluding carboxylic acids is 1. The van der Waals surface area contributed by atoms with Crippen molar-refractivity contribution in [2.75, 3.05) is 26.7 Å². The molecule has 7 nitrogen and oxygen atoms in total. The third kappa shape index (κ3) is 6.28. The number of rotatable bonds is 7. The van der Waals surface area contributed by atoms with Gasteiger partial charge in [-0.1, -0.05) is 23.4 Å². The Labute approximate surface area is 228 Å². The molecule has 3 aromatic rings. The van der Waals surface area contributed by atoms with Gasteiger partial charge in [0, 0.05) is 35.8 Å². The number of ether oxygens (including phenoxy) is 1. The van der Waals surface area contributed by atoms with Crippen LogP contribution in [0.1, 0.15) is 42.9 Å².